The molecule has 3 heterocycles. The summed E-state index contributed by atoms with van der Waals surface area (Å²) in [5.74, 6) is -1.67. The predicted octanol–water partition coefficient (Wildman–Crippen LogP) is 4.02. The van der Waals surface area contributed by atoms with Crippen LogP contribution in [-0.4, -0.2) is 45.5 Å². The summed E-state index contributed by atoms with van der Waals surface area (Å²) in [6.07, 6.45) is 5.38. The molecule has 2 aliphatic rings. The van der Waals surface area contributed by atoms with Crippen LogP contribution in [0.25, 0.3) is 0 Å². The Morgan fingerprint density at radius 3 is 2.29 bits per heavy atom. The fraction of sp³-hybridized carbons (Fsp3) is 0.500. The Kier molecular flexibility index (Phi) is 7.04. The lowest BCUT2D eigenvalue weighted by Crippen LogP contribution is -2.42. The highest BCUT2D eigenvalue weighted by molar-refractivity contribution is 5.99. The van der Waals surface area contributed by atoms with Gasteiger partial charge in [-0.2, -0.15) is 13.2 Å². The average molecular weight is 476 g/mol. The van der Waals surface area contributed by atoms with Crippen LogP contribution >= 0.6 is 0 Å². The van der Waals surface area contributed by atoms with Gasteiger partial charge in [0.25, 0.3) is 11.8 Å². The maximum Gasteiger partial charge on any atom is 0.414 e. The topological polar surface area (TPSA) is 84.3 Å². The quantitative estimate of drug-likeness (QED) is 0.707. The van der Waals surface area contributed by atoms with Crippen LogP contribution in [0.4, 0.5) is 13.2 Å². The number of halogens is 3. The first-order valence-electron chi connectivity index (χ1n) is 11.6. The van der Waals surface area contributed by atoms with Gasteiger partial charge in [-0.05, 0) is 37.8 Å². The lowest BCUT2D eigenvalue weighted by Gasteiger charge is -2.26. The second-order valence-corrected chi connectivity index (χ2v) is 8.86. The molecule has 7 nitrogen and oxygen atoms in total. The Balaban J connectivity index is 1.72. The molecule has 2 aromatic heterocycles. The van der Waals surface area contributed by atoms with Gasteiger partial charge in [0.15, 0.2) is 6.04 Å². The molecule has 182 valence electrons. The van der Waals surface area contributed by atoms with E-state index in [9.17, 15) is 27.6 Å². The number of hydrogen-bond acceptors (Lipinski definition) is 4. The Labute approximate surface area is 195 Å². The van der Waals surface area contributed by atoms with E-state index in [4.69, 9.17) is 0 Å². The minimum Gasteiger partial charge on any atom is -0.349 e. The molecule has 1 N–H and O–H groups in total. The highest BCUT2D eigenvalue weighted by Gasteiger charge is 2.43. The Morgan fingerprint density at radius 1 is 1.00 bits per heavy atom. The van der Waals surface area contributed by atoms with E-state index in [1.165, 1.54) is 30.7 Å². The normalized spacial score (nSPS) is 18.0. The smallest absolute Gasteiger partial charge is 0.349 e. The van der Waals surface area contributed by atoms with Crippen LogP contribution in [0.5, 0.6) is 0 Å². The van der Waals surface area contributed by atoms with E-state index in [-0.39, 0.29) is 17.3 Å². The molecule has 34 heavy (non-hydrogen) atoms. The summed E-state index contributed by atoms with van der Waals surface area (Å²) in [4.78, 5) is 44.6. The minimum absolute atomic E-state index is 0.0276. The Bertz CT molecular complexity index is 1090. The summed E-state index contributed by atoms with van der Waals surface area (Å²) in [6.45, 7) is 1.02. The Hall–Kier alpha value is -3.17. The van der Waals surface area contributed by atoms with Gasteiger partial charge in [0.05, 0.1) is 5.69 Å². The Morgan fingerprint density at radius 2 is 1.68 bits per heavy atom. The number of nitrogens with zero attached hydrogens (tertiary/aromatic N) is 3. The molecule has 2 amide bonds. The van der Waals surface area contributed by atoms with E-state index >= 15 is 0 Å². The third-order valence-electron chi connectivity index (χ3n) is 6.50. The summed E-state index contributed by atoms with van der Waals surface area (Å²) in [5.41, 5.74) is -1.90. The molecular formula is C24H27F3N4O3. The van der Waals surface area contributed by atoms with Gasteiger partial charge in [-0.25, -0.2) is 0 Å². The standard InChI is InChI=1S/C24H27F3N4O3/c25-24(26,27)21(19-10-4-5-11-28-19)29-22(33)17-14-31(16-8-2-1-3-9-16)15-18(20(17)32)23(34)30-12-6-7-13-30/h4-5,10-11,14-16,21H,1-3,6-9,12-13H2,(H,29,33)/t21-/m0/s1. The first-order chi connectivity index (χ1) is 16.3. The number of hydrogen-bond donors (Lipinski definition) is 1. The van der Waals surface area contributed by atoms with Crippen LogP contribution in [-0.2, 0) is 0 Å². The number of aromatic nitrogens is 2. The van der Waals surface area contributed by atoms with Crippen LogP contribution < -0.4 is 10.7 Å². The van der Waals surface area contributed by atoms with Crippen LogP contribution in [0.2, 0.25) is 0 Å². The second kappa shape index (κ2) is 9.99. The second-order valence-electron chi connectivity index (χ2n) is 8.86. The molecule has 10 heteroatoms. The molecule has 0 radical (unpaired) electrons. The molecule has 0 spiro atoms. The molecule has 1 aliphatic carbocycles. The van der Waals surface area contributed by atoms with Gasteiger partial charge in [-0.1, -0.05) is 25.3 Å². The largest absolute Gasteiger partial charge is 0.414 e. The highest BCUT2D eigenvalue weighted by Crippen LogP contribution is 2.32. The first kappa shape index (κ1) is 24.0. The van der Waals surface area contributed by atoms with Gasteiger partial charge in [-0.15, -0.1) is 0 Å². The molecule has 2 aromatic rings. The minimum atomic E-state index is -4.82. The van der Waals surface area contributed by atoms with Crippen LogP contribution in [0, 0.1) is 0 Å². The van der Waals surface area contributed by atoms with Gasteiger partial charge in [0.2, 0.25) is 5.43 Å². The molecule has 1 aliphatic heterocycles. The van der Waals surface area contributed by atoms with Crippen LogP contribution in [0.1, 0.15) is 83.4 Å². The van der Waals surface area contributed by atoms with Crippen molar-refractivity contribution in [2.45, 2.75) is 63.2 Å². The van der Waals surface area contributed by atoms with Gasteiger partial charge >= 0.3 is 6.18 Å². The molecule has 1 atom stereocenters. The van der Waals surface area contributed by atoms with Crippen molar-refractivity contribution in [2.24, 2.45) is 0 Å². The van der Waals surface area contributed by atoms with E-state index in [0.29, 0.717) is 13.1 Å². The summed E-state index contributed by atoms with van der Waals surface area (Å²) in [5, 5.41) is 1.93. The molecule has 0 aromatic carbocycles. The van der Waals surface area contributed by atoms with Crippen molar-refractivity contribution in [3.05, 3.63) is 63.8 Å². The van der Waals surface area contributed by atoms with Gasteiger partial charge in [0, 0.05) is 37.7 Å². The first-order valence-corrected chi connectivity index (χ1v) is 11.6. The van der Waals surface area contributed by atoms with E-state index < -0.39 is 35.0 Å². The maximum absolute atomic E-state index is 13.8. The fourth-order valence-corrected chi connectivity index (χ4v) is 4.67. The molecule has 0 unspecified atom stereocenters. The van der Waals surface area contributed by atoms with Gasteiger partial charge in [-0.3, -0.25) is 19.4 Å². The summed E-state index contributed by atoms with van der Waals surface area (Å²) in [7, 11) is 0. The molecule has 0 bridgehead atoms. The van der Waals surface area contributed by atoms with Crippen molar-refractivity contribution in [3.63, 3.8) is 0 Å². The summed E-state index contributed by atoms with van der Waals surface area (Å²) in [6, 6.07) is 1.60. The lowest BCUT2D eigenvalue weighted by molar-refractivity contribution is -0.156. The number of carbonyl (C=O) groups excluding carboxylic acids is 2. The lowest BCUT2D eigenvalue weighted by atomic mass is 9.95. The number of amides is 2. The fourth-order valence-electron chi connectivity index (χ4n) is 4.67. The van der Waals surface area contributed by atoms with Crippen molar-refractivity contribution < 1.29 is 22.8 Å². The summed E-state index contributed by atoms with van der Waals surface area (Å²) < 4.78 is 43.0. The zero-order valence-corrected chi connectivity index (χ0v) is 18.7. The van der Waals surface area contributed by atoms with E-state index in [1.54, 1.807) is 9.47 Å². The predicted molar refractivity (Wildman–Crippen MR) is 118 cm³/mol. The van der Waals surface area contributed by atoms with E-state index in [1.807, 2.05) is 5.32 Å². The van der Waals surface area contributed by atoms with Gasteiger partial charge < -0.3 is 14.8 Å². The number of rotatable bonds is 5. The third-order valence-corrected chi connectivity index (χ3v) is 6.50. The monoisotopic (exact) mass is 476 g/mol. The van der Waals surface area contributed by atoms with Crippen molar-refractivity contribution in [2.75, 3.05) is 13.1 Å². The van der Waals surface area contributed by atoms with Crippen molar-refractivity contribution in [3.8, 4) is 0 Å². The van der Waals surface area contributed by atoms with Crippen molar-refractivity contribution >= 4 is 11.8 Å². The number of likely N-dealkylation sites (tertiary alicyclic amines) is 1. The third kappa shape index (κ3) is 5.15. The van der Waals surface area contributed by atoms with Crippen LogP contribution in [0.15, 0.2) is 41.6 Å². The van der Waals surface area contributed by atoms with E-state index in [2.05, 4.69) is 4.98 Å². The SMILES string of the molecule is O=C(N[C@@H](c1ccccn1)C(F)(F)F)c1cn(C2CCCCC2)cc(C(=O)N2CCCC2)c1=O. The number of carbonyl (C=O) groups is 2. The molecule has 4 rings (SSSR count). The molecule has 1 saturated heterocycles. The highest BCUT2D eigenvalue weighted by atomic mass is 19.4. The van der Waals surface area contributed by atoms with E-state index in [0.717, 1.165) is 51.0 Å². The van der Waals surface area contributed by atoms with Crippen molar-refractivity contribution in [1.29, 1.82) is 0 Å². The molecule has 2 fully saturated rings. The zero-order chi connectivity index (χ0) is 24.3. The van der Waals surface area contributed by atoms with Crippen molar-refractivity contribution in [1.82, 2.24) is 19.8 Å². The average Bonchev–Trinajstić information content (AvgIpc) is 3.37. The maximum atomic E-state index is 13.8. The molecule has 1 saturated carbocycles. The number of nitrogens with one attached hydrogen (secondary N) is 1. The van der Waals surface area contributed by atoms with Gasteiger partial charge in [0.1, 0.15) is 11.1 Å². The number of pyridine rings is 2. The molecular weight excluding hydrogens is 449 g/mol. The van der Waals surface area contributed by atoms with Crippen LogP contribution in [0.3, 0.4) is 0 Å². The summed E-state index contributed by atoms with van der Waals surface area (Å²) >= 11 is 0. The zero-order valence-electron chi connectivity index (χ0n) is 18.7. The number of alkyl halides is 3.